The number of carbonyl (C=O) groups is 2. The van der Waals surface area contributed by atoms with Crippen LogP contribution in [-0.4, -0.2) is 22.2 Å². The maximum Gasteiger partial charge on any atom is 0.343 e. The van der Waals surface area contributed by atoms with E-state index in [1.807, 2.05) is 36.4 Å². The summed E-state index contributed by atoms with van der Waals surface area (Å²) in [6.45, 7) is 0. The largest absolute Gasteiger partial charge is 0.477 e. The van der Waals surface area contributed by atoms with E-state index in [9.17, 15) is 19.8 Å². The molecule has 0 amide bonds. The van der Waals surface area contributed by atoms with Crippen LogP contribution in [0.5, 0.6) is 0 Å². The van der Waals surface area contributed by atoms with Crippen molar-refractivity contribution in [3.05, 3.63) is 95.1 Å². The van der Waals surface area contributed by atoms with Crippen molar-refractivity contribution in [2.45, 2.75) is 0 Å². The monoisotopic (exact) mass is 334 g/mol. The maximum atomic E-state index is 11.4. The first-order chi connectivity index (χ1) is 12.1. The third kappa shape index (κ3) is 3.50. The average molecular weight is 334 g/mol. The Balaban J connectivity index is 2.18. The molecule has 0 aromatic heterocycles. The molecule has 3 rings (SSSR count). The van der Waals surface area contributed by atoms with Crippen molar-refractivity contribution in [1.82, 2.24) is 0 Å². The lowest BCUT2D eigenvalue weighted by Crippen LogP contribution is -2.14. The molecule has 0 aliphatic carbocycles. The molecule has 0 unspecified atom stereocenters. The fourth-order valence-corrected chi connectivity index (χ4v) is 2.47. The van der Waals surface area contributed by atoms with Crippen molar-refractivity contribution >= 4 is 23.5 Å². The lowest BCUT2D eigenvalue weighted by atomic mass is 10.00. The highest BCUT2D eigenvalue weighted by atomic mass is 16.5. The maximum absolute atomic E-state index is 11.4. The van der Waals surface area contributed by atoms with E-state index in [4.69, 9.17) is 4.74 Å². The van der Waals surface area contributed by atoms with Crippen LogP contribution in [0.15, 0.2) is 84.0 Å². The summed E-state index contributed by atoms with van der Waals surface area (Å²) in [6, 6.07) is 18.2. The molecule has 0 radical (unpaired) electrons. The number of ether oxygens (including phenoxy) is 1. The van der Waals surface area contributed by atoms with Gasteiger partial charge >= 0.3 is 11.9 Å². The first-order valence-corrected chi connectivity index (χ1v) is 7.49. The van der Waals surface area contributed by atoms with E-state index in [0.717, 1.165) is 11.1 Å². The third-order valence-corrected chi connectivity index (χ3v) is 3.63. The number of rotatable bonds is 4. The molecular weight excluding hydrogens is 320 g/mol. The lowest BCUT2D eigenvalue weighted by Gasteiger charge is -2.19. The first kappa shape index (κ1) is 16.3. The summed E-state index contributed by atoms with van der Waals surface area (Å²) < 4.78 is 5.90. The molecule has 25 heavy (non-hydrogen) atoms. The summed E-state index contributed by atoms with van der Waals surface area (Å²) in [5.41, 5.74) is 0.808. The van der Waals surface area contributed by atoms with Crippen LogP contribution in [0.2, 0.25) is 0 Å². The molecule has 0 bridgehead atoms. The summed E-state index contributed by atoms with van der Waals surface area (Å²) in [5, 5.41) is 18.5. The van der Waals surface area contributed by atoms with E-state index in [-0.39, 0.29) is 5.57 Å². The zero-order valence-corrected chi connectivity index (χ0v) is 13.0. The molecule has 2 aromatic carbocycles. The molecule has 0 saturated carbocycles. The smallest absolute Gasteiger partial charge is 0.343 e. The zero-order chi connectivity index (χ0) is 17.8. The summed E-state index contributed by atoms with van der Waals surface area (Å²) in [7, 11) is 0. The SMILES string of the molecule is O=C(O)C(C(=O)O)=C1C=C(c2ccccc2)OC(c2ccccc2)=C1. The van der Waals surface area contributed by atoms with Crippen molar-refractivity contribution in [3.8, 4) is 0 Å². The Morgan fingerprint density at radius 2 is 1.08 bits per heavy atom. The van der Waals surface area contributed by atoms with Crippen molar-refractivity contribution in [3.63, 3.8) is 0 Å². The second-order valence-electron chi connectivity index (χ2n) is 5.29. The molecule has 0 saturated heterocycles. The molecule has 5 heteroatoms. The van der Waals surface area contributed by atoms with Gasteiger partial charge in [-0.1, -0.05) is 60.7 Å². The van der Waals surface area contributed by atoms with Gasteiger partial charge in [-0.3, -0.25) is 0 Å². The molecule has 0 atom stereocenters. The van der Waals surface area contributed by atoms with Gasteiger partial charge in [0.25, 0.3) is 0 Å². The summed E-state index contributed by atoms with van der Waals surface area (Å²) in [5.74, 6) is -2.23. The highest BCUT2D eigenvalue weighted by molar-refractivity contribution is 6.14. The van der Waals surface area contributed by atoms with E-state index in [1.54, 1.807) is 24.3 Å². The molecular formula is C20H14O5. The van der Waals surface area contributed by atoms with Crippen molar-refractivity contribution < 1.29 is 24.5 Å². The minimum Gasteiger partial charge on any atom is -0.477 e. The number of hydrogen-bond donors (Lipinski definition) is 2. The van der Waals surface area contributed by atoms with E-state index >= 15 is 0 Å². The predicted molar refractivity (Wildman–Crippen MR) is 92.2 cm³/mol. The van der Waals surface area contributed by atoms with Gasteiger partial charge in [-0.05, 0) is 12.2 Å². The highest BCUT2D eigenvalue weighted by Crippen LogP contribution is 2.33. The molecule has 2 aromatic rings. The highest BCUT2D eigenvalue weighted by Gasteiger charge is 2.24. The number of carboxylic acids is 2. The minimum atomic E-state index is -1.50. The Labute approximate surface area is 143 Å². The minimum absolute atomic E-state index is 0.0731. The van der Waals surface area contributed by atoms with E-state index in [1.165, 1.54) is 12.2 Å². The van der Waals surface area contributed by atoms with Crippen LogP contribution >= 0.6 is 0 Å². The van der Waals surface area contributed by atoms with E-state index in [2.05, 4.69) is 0 Å². The molecule has 0 spiro atoms. The second kappa shape index (κ2) is 6.88. The van der Waals surface area contributed by atoms with Gasteiger partial charge < -0.3 is 14.9 Å². The van der Waals surface area contributed by atoms with Gasteiger partial charge in [0.2, 0.25) is 0 Å². The van der Waals surface area contributed by atoms with Gasteiger partial charge in [-0.2, -0.15) is 0 Å². The van der Waals surface area contributed by atoms with Crippen LogP contribution in [0.3, 0.4) is 0 Å². The van der Waals surface area contributed by atoms with Gasteiger partial charge in [0.05, 0.1) is 0 Å². The van der Waals surface area contributed by atoms with Gasteiger partial charge in [-0.15, -0.1) is 0 Å². The molecule has 5 nitrogen and oxygen atoms in total. The summed E-state index contributed by atoms with van der Waals surface area (Å²) in [4.78, 5) is 22.8. The standard InChI is InChI=1S/C20H14O5/c21-19(22)18(20(23)24)15-11-16(13-7-3-1-4-8-13)25-17(12-15)14-9-5-2-6-10-14/h1-12H,(H,21,22)(H,23,24). The predicted octanol–water partition coefficient (Wildman–Crippen LogP) is 3.56. The molecule has 1 aliphatic heterocycles. The van der Waals surface area contributed by atoms with Crippen LogP contribution in [0.4, 0.5) is 0 Å². The molecule has 2 N–H and O–H groups in total. The number of allylic oxidation sites excluding steroid dienone is 3. The van der Waals surface area contributed by atoms with Crippen LogP contribution in [0.25, 0.3) is 11.5 Å². The summed E-state index contributed by atoms with van der Waals surface area (Å²) >= 11 is 0. The Morgan fingerprint density at radius 1 is 0.680 bits per heavy atom. The van der Waals surface area contributed by atoms with Crippen molar-refractivity contribution in [2.24, 2.45) is 0 Å². The number of benzene rings is 2. The van der Waals surface area contributed by atoms with Crippen LogP contribution in [-0.2, 0) is 14.3 Å². The fourth-order valence-electron chi connectivity index (χ4n) is 2.47. The molecule has 1 heterocycles. The Kier molecular flexibility index (Phi) is 4.48. The second-order valence-corrected chi connectivity index (χ2v) is 5.29. The Bertz CT molecular complexity index is 832. The summed E-state index contributed by atoms with van der Waals surface area (Å²) in [6.07, 6.45) is 2.86. The molecule has 1 aliphatic rings. The number of aliphatic carboxylic acids is 2. The van der Waals surface area contributed by atoms with Crippen LogP contribution in [0.1, 0.15) is 11.1 Å². The van der Waals surface area contributed by atoms with Crippen molar-refractivity contribution in [2.75, 3.05) is 0 Å². The first-order valence-electron chi connectivity index (χ1n) is 7.49. The van der Waals surface area contributed by atoms with Gasteiger partial charge in [0.15, 0.2) is 5.57 Å². The Morgan fingerprint density at radius 3 is 1.44 bits per heavy atom. The van der Waals surface area contributed by atoms with Crippen LogP contribution in [0, 0.1) is 0 Å². The van der Waals surface area contributed by atoms with E-state index < -0.39 is 17.5 Å². The quantitative estimate of drug-likeness (QED) is 0.507. The topological polar surface area (TPSA) is 83.8 Å². The van der Waals surface area contributed by atoms with Crippen LogP contribution < -0.4 is 0 Å². The normalized spacial score (nSPS) is 13.4. The zero-order valence-electron chi connectivity index (χ0n) is 13.0. The van der Waals surface area contributed by atoms with Gasteiger partial charge in [0, 0.05) is 16.7 Å². The fraction of sp³-hybridized carbons (Fsp3) is 0. The number of carboxylic acid groups (broad SMARTS) is 2. The third-order valence-electron chi connectivity index (χ3n) is 3.63. The molecule has 124 valence electrons. The van der Waals surface area contributed by atoms with E-state index in [0.29, 0.717) is 11.5 Å². The van der Waals surface area contributed by atoms with Crippen molar-refractivity contribution in [1.29, 1.82) is 0 Å². The van der Waals surface area contributed by atoms with Gasteiger partial charge in [-0.25, -0.2) is 9.59 Å². The molecule has 0 fully saturated rings. The lowest BCUT2D eigenvalue weighted by molar-refractivity contribution is -0.140. The van der Waals surface area contributed by atoms with Gasteiger partial charge in [0.1, 0.15) is 11.5 Å². The average Bonchev–Trinajstić information content (AvgIpc) is 2.62. The number of hydrogen-bond acceptors (Lipinski definition) is 3. The Hall–Kier alpha value is -3.60.